The number of ether oxygens (including phenoxy) is 1. The highest BCUT2D eigenvalue weighted by Gasteiger charge is 2.38. The maximum Gasteiger partial charge on any atom is 0.254 e. The van der Waals surface area contributed by atoms with Crippen molar-refractivity contribution in [2.24, 2.45) is 5.14 Å². The second-order valence-corrected chi connectivity index (χ2v) is 10.8. The number of hydrogen-bond donors (Lipinski definition) is 1. The lowest BCUT2D eigenvalue weighted by Gasteiger charge is -2.37. The molecule has 29 heavy (non-hydrogen) atoms. The van der Waals surface area contributed by atoms with Crippen LogP contribution in [0.3, 0.4) is 0 Å². The quantitative estimate of drug-likeness (QED) is 0.701. The zero-order chi connectivity index (χ0) is 21.0. The van der Waals surface area contributed by atoms with Crippen molar-refractivity contribution in [1.29, 1.82) is 0 Å². The molecule has 1 saturated heterocycles. The van der Waals surface area contributed by atoms with Crippen LogP contribution in [-0.4, -0.2) is 44.9 Å². The summed E-state index contributed by atoms with van der Waals surface area (Å²) < 4.78 is 56.7. The predicted octanol–water partition coefficient (Wildman–Crippen LogP) is 0.591. The lowest BCUT2D eigenvalue weighted by Crippen LogP contribution is -2.56. The van der Waals surface area contributed by atoms with Gasteiger partial charge >= 0.3 is 0 Å². The van der Waals surface area contributed by atoms with Crippen LogP contribution in [0.4, 0.5) is 0 Å². The number of primary sulfonamides is 1. The Morgan fingerprint density at radius 1 is 1.00 bits per heavy atom. The fraction of sp³-hybridized carbons (Fsp3) is 0.389. The molecule has 1 aliphatic carbocycles. The van der Waals surface area contributed by atoms with E-state index in [9.17, 15) is 21.6 Å². The first-order chi connectivity index (χ1) is 13.6. The molecule has 0 atom stereocenters. The molecule has 9 nitrogen and oxygen atoms in total. The molecule has 1 aromatic carbocycles. The number of aromatic nitrogens is 1. The minimum Gasteiger partial charge on any atom is -0.487 e. The molecule has 2 aromatic rings. The average Bonchev–Trinajstić information content (AvgIpc) is 3.41. The molecule has 0 radical (unpaired) electrons. The van der Waals surface area contributed by atoms with E-state index in [1.165, 1.54) is 22.5 Å². The highest BCUT2D eigenvalue weighted by molar-refractivity contribution is 7.89. The molecule has 11 heteroatoms. The Kier molecular flexibility index (Phi) is 4.80. The minimum atomic E-state index is -3.89. The van der Waals surface area contributed by atoms with E-state index in [-0.39, 0.29) is 40.6 Å². The van der Waals surface area contributed by atoms with E-state index in [4.69, 9.17) is 9.88 Å². The van der Waals surface area contributed by atoms with Gasteiger partial charge in [0.1, 0.15) is 11.9 Å². The van der Waals surface area contributed by atoms with Crippen LogP contribution in [-0.2, 0) is 20.0 Å². The maximum absolute atomic E-state index is 12.6. The van der Waals surface area contributed by atoms with Gasteiger partial charge in [0.2, 0.25) is 20.0 Å². The molecule has 4 rings (SSSR count). The van der Waals surface area contributed by atoms with E-state index in [2.05, 4.69) is 0 Å². The van der Waals surface area contributed by atoms with Gasteiger partial charge in [-0.25, -0.2) is 22.0 Å². The summed E-state index contributed by atoms with van der Waals surface area (Å²) in [5, 5.41) is 5.03. The van der Waals surface area contributed by atoms with Crippen molar-refractivity contribution >= 4 is 20.0 Å². The first-order valence-electron chi connectivity index (χ1n) is 9.08. The minimum absolute atomic E-state index is 0.0220. The number of hydrogen-bond acceptors (Lipinski definition) is 6. The molecule has 0 spiro atoms. The van der Waals surface area contributed by atoms with Crippen molar-refractivity contribution < 1.29 is 21.6 Å². The Labute approximate surface area is 168 Å². The molecule has 1 aromatic heterocycles. The van der Waals surface area contributed by atoms with Gasteiger partial charge in [0, 0.05) is 17.8 Å². The van der Waals surface area contributed by atoms with Crippen LogP contribution >= 0.6 is 0 Å². The molecule has 1 saturated carbocycles. The summed E-state index contributed by atoms with van der Waals surface area (Å²) >= 11 is 0. The molecule has 1 aliphatic heterocycles. The lowest BCUT2D eigenvalue weighted by atomic mass is 10.2. The molecule has 0 bridgehead atoms. The molecule has 2 heterocycles. The van der Waals surface area contributed by atoms with E-state index < -0.39 is 20.0 Å². The van der Waals surface area contributed by atoms with E-state index in [0.29, 0.717) is 5.75 Å². The third kappa shape index (κ3) is 3.95. The number of benzene rings is 1. The van der Waals surface area contributed by atoms with E-state index in [1.807, 2.05) is 6.92 Å². The Hall–Kier alpha value is -2.21. The fourth-order valence-electron chi connectivity index (χ4n) is 3.37. The highest BCUT2D eigenvalue weighted by Crippen LogP contribution is 2.35. The number of nitrogens with two attached hydrogens (primary N) is 1. The number of rotatable bonds is 6. The molecule has 0 amide bonds. The average molecular weight is 440 g/mol. The number of pyridine rings is 1. The van der Waals surface area contributed by atoms with Crippen LogP contribution < -0.4 is 15.4 Å². The number of aryl methyl sites for hydroxylation is 1. The largest absolute Gasteiger partial charge is 0.487 e. The first-order valence-corrected chi connectivity index (χ1v) is 12.1. The number of nitrogens with zero attached hydrogens (tertiary/aromatic N) is 2. The fourth-order valence-corrected chi connectivity index (χ4v) is 5.38. The molecule has 0 unspecified atom stereocenters. The van der Waals surface area contributed by atoms with Gasteiger partial charge < -0.3 is 9.30 Å². The summed E-state index contributed by atoms with van der Waals surface area (Å²) in [4.78, 5) is 12.1. The van der Waals surface area contributed by atoms with Crippen molar-refractivity contribution in [3.63, 3.8) is 0 Å². The SMILES string of the molecule is Cc1cc(OC2CN(S(=O)(=O)c3ccc(S(N)(=O)=O)cc3)C2)cc(=O)n1C1CC1. The first kappa shape index (κ1) is 20.1. The van der Waals surface area contributed by atoms with Gasteiger partial charge in [-0.2, -0.15) is 4.31 Å². The van der Waals surface area contributed by atoms with Gasteiger partial charge in [-0.3, -0.25) is 4.79 Å². The molecule has 2 N–H and O–H groups in total. The Morgan fingerprint density at radius 3 is 2.10 bits per heavy atom. The molecular weight excluding hydrogens is 418 g/mol. The van der Waals surface area contributed by atoms with Crippen molar-refractivity contribution in [3.8, 4) is 5.75 Å². The number of sulfonamides is 2. The summed E-state index contributed by atoms with van der Waals surface area (Å²) in [6.45, 7) is 2.14. The van der Waals surface area contributed by atoms with Gasteiger partial charge in [0.05, 0.1) is 22.9 Å². The van der Waals surface area contributed by atoms with E-state index in [0.717, 1.165) is 30.7 Å². The summed E-state index contributed by atoms with van der Waals surface area (Å²) in [7, 11) is -7.65. The van der Waals surface area contributed by atoms with Crippen LogP contribution in [0.25, 0.3) is 0 Å². The van der Waals surface area contributed by atoms with E-state index >= 15 is 0 Å². The lowest BCUT2D eigenvalue weighted by molar-refractivity contribution is 0.0758. The second kappa shape index (κ2) is 6.94. The molecule has 2 fully saturated rings. The van der Waals surface area contributed by atoms with Crippen LogP contribution in [0, 0.1) is 6.92 Å². The van der Waals surface area contributed by atoms with Crippen molar-refractivity contribution in [2.75, 3.05) is 13.1 Å². The van der Waals surface area contributed by atoms with Crippen LogP contribution in [0.1, 0.15) is 24.6 Å². The van der Waals surface area contributed by atoms with Crippen LogP contribution in [0.15, 0.2) is 51.0 Å². The molecule has 156 valence electrons. The molecular formula is C18H21N3O6S2. The van der Waals surface area contributed by atoms with Gasteiger partial charge in [-0.15, -0.1) is 0 Å². The van der Waals surface area contributed by atoms with Crippen molar-refractivity contribution in [1.82, 2.24) is 8.87 Å². The Morgan fingerprint density at radius 2 is 1.59 bits per heavy atom. The predicted molar refractivity (Wildman–Crippen MR) is 105 cm³/mol. The standard InChI is InChI=1S/C18H21N3O6S2/c1-12-8-14(9-18(22)21(12)13-2-3-13)27-15-10-20(11-15)29(25,26)17-6-4-16(5-7-17)28(19,23)24/h4-9,13,15H,2-3,10-11H2,1H3,(H2,19,23,24). The van der Waals surface area contributed by atoms with Gasteiger partial charge in [-0.1, -0.05) is 0 Å². The van der Waals surface area contributed by atoms with Crippen molar-refractivity contribution in [2.45, 2.75) is 41.7 Å². The van der Waals surface area contributed by atoms with Gasteiger partial charge in [0.15, 0.2) is 0 Å². The van der Waals surface area contributed by atoms with Gasteiger partial charge in [0.25, 0.3) is 5.56 Å². The van der Waals surface area contributed by atoms with Crippen LogP contribution in [0.5, 0.6) is 5.75 Å². The normalized spacial score (nSPS) is 18.4. The van der Waals surface area contributed by atoms with E-state index in [1.54, 1.807) is 10.6 Å². The van der Waals surface area contributed by atoms with Crippen LogP contribution in [0.2, 0.25) is 0 Å². The molecule has 2 aliphatic rings. The second-order valence-electron chi connectivity index (χ2n) is 7.35. The highest BCUT2D eigenvalue weighted by atomic mass is 32.2. The van der Waals surface area contributed by atoms with Gasteiger partial charge in [-0.05, 0) is 50.1 Å². The zero-order valence-electron chi connectivity index (χ0n) is 15.7. The summed E-state index contributed by atoms with van der Waals surface area (Å²) in [5.74, 6) is 0.434. The maximum atomic E-state index is 12.6. The summed E-state index contributed by atoms with van der Waals surface area (Å²) in [5.41, 5.74) is 0.718. The zero-order valence-corrected chi connectivity index (χ0v) is 17.3. The van der Waals surface area contributed by atoms with Crippen molar-refractivity contribution in [3.05, 3.63) is 52.4 Å². The smallest absolute Gasteiger partial charge is 0.254 e. The Bertz CT molecular complexity index is 1210. The Balaban J connectivity index is 1.42. The monoisotopic (exact) mass is 439 g/mol. The summed E-state index contributed by atoms with van der Waals surface area (Å²) in [6, 6.07) is 8.26. The topological polar surface area (TPSA) is 129 Å². The summed E-state index contributed by atoms with van der Waals surface area (Å²) in [6.07, 6.45) is 1.66. The third-order valence-electron chi connectivity index (χ3n) is 5.05. The third-order valence-corrected chi connectivity index (χ3v) is 7.83.